The van der Waals surface area contributed by atoms with Crippen LogP contribution >= 0.6 is 0 Å². The van der Waals surface area contributed by atoms with Crippen molar-refractivity contribution in [2.45, 2.75) is 19.0 Å². The van der Waals surface area contributed by atoms with Gasteiger partial charge in [-0.2, -0.15) is 5.10 Å². The number of para-hydroxylation sites is 2. The molecule has 0 radical (unpaired) electrons. The number of hydrogen-bond acceptors (Lipinski definition) is 4. The number of carbonyl (C=O) groups excluding carboxylic acids is 1. The Labute approximate surface area is 129 Å². The van der Waals surface area contributed by atoms with Crippen LogP contribution in [0.2, 0.25) is 0 Å². The van der Waals surface area contributed by atoms with Gasteiger partial charge in [0.15, 0.2) is 0 Å². The third kappa shape index (κ3) is 3.21. The Balaban J connectivity index is 1.57. The second-order valence-electron chi connectivity index (χ2n) is 5.37. The highest BCUT2D eigenvalue weighted by Crippen LogP contribution is 2.30. The standard InChI is InChI=1S/C16H20N4O2/c1-22-15-6-3-2-5-14(15)19-10-7-13(11-19)18-16(21)12-20-9-4-8-17-20/h2-6,8-9,13H,7,10-12H2,1H3,(H,18,21). The van der Waals surface area contributed by atoms with Gasteiger partial charge in [-0.3, -0.25) is 9.48 Å². The lowest BCUT2D eigenvalue weighted by molar-refractivity contribution is -0.122. The topological polar surface area (TPSA) is 59.4 Å². The van der Waals surface area contributed by atoms with E-state index in [2.05, 4.69) is 15.3 Å². The zero-order valence-electron chi connectivity index (χ0n) is 12.6. The molecule has 1 aromatic heterocycles. The highest BCUT2D eigenvalue weighted by Gasteiger charge is 2.25. The first-order chi connectivity index (χ1) is 10.8. The van der Waals surface area contributed by atoms with E-state index in [1.54, 1.807) is 24.2 Å². The molecule has 22 heavy (non-hydrogen) atoms. The summed E-state index contributed by atoms with van der Waals surface area (Å²) in [5, 5.41) is 7.12. The Kier molecular flexibility index (Phi) is 4.27. The van der Waals surface area contributed by atoms with Crippen molar-refractivity contribution in [3.63, 3.8) is 0 Å². The summed E-state index contributed by atoms with van der Waals surface area (Å²) in [6.07, 6.45) is 4.39. The molecule has 1 unspecified atom stereocenters. The average molecular weight is 300 g/mol. The molecule has 1 atom stereocenters. The minimum atomic E-state index is -0.00410. The lowest BCUT2D eigenvalue weighted by atomic mass is 10.2. The van der Waals surface area contributed by atoms with Gasteiger partial charge in [-0.05, 0) is 24.6 Å². The highest BCUT2D eigenvalue weighted by molar-refractivity contribution is 5.76. The number of hydrogen-bond donors (Lipinski definition) is 1. The van der Waals surface area contributed by atoms with Gasteiger partial charge in [-0.25, -0.2) is 0 Å². The maximum atomic E-state index is 12.0. The van der Waals surface area contributed by atoms with Crippen molar-refractivity contribution >= 4 is 11.6 Å². The predicted molar refractivity (Wildman–Crippen MR) is 84.0 cm³/mol. The first-order valence-electron chi connectivity index (χ1n) is 7.41. The maximum absolute atomic E-state index is 12.0. The molecular formula is C16H20N4O2. The molecule has 2 aromatic rings. The number of benzene rings is 1. The molecule has 1 amide bonds. The van der Waals surface area contributed by atoms with Crippen LogP contribution in [-0.4, -0.2) is 41.9 Å². The summed E-state index contributed by atoms with van der Waals surface area (Å²) in [5.74, 6) is 0.863. The molecule has 1 fully saturated rings. The maximum Gasteiger partial charge on any atom is 0.242 e. The van der Waals surface area contributed by atoms with Gasteiger partial charge in [0, 0.05) is 31.5 Å². The van der Waals surface area contributed by atoms with Gasteiger partial charge in [0.05, 0.1) is 12.8 Å². The average Bonchev–Trinajstić information content (AvgIpc) is 3.19. The molecule has 0 aliphatic carbocycles. The van der Waals surface area contributed by atoms with Crippen molar-refractivity contribution in [3.05, 3.63) is 42.7 Å². The second kappa shape index (κ2) is 6.51. The van der Waals surface area contributed by atoms with Crippen LogP contribution in [0.5, 0.6) is 5.75 Å². The van der Waals surface area contributed by atoms with E-state index in [1.807, 2.05) is 30.3 Å². The summed E-state index contributed by atoms with van der Waals surface area (Å²) in [4.78, 5) is 14.3. The molecule has 1 aliphatic heterocycles. The number of amides is 1. The van der Waals surface area contributed by atoms with E-state index in [1.165, 1.54) is 0 Å². The minimum absolute atomic E-state index is 0.00410. The zero-order chi connectivity index (χ0) is 15.4. The number of nitrogens with one attached hydrogen (secondary N) is 1. The number of nitrogens with zero attached hydrogens (tertiary/aromatic N) is 3. The smallest absolute Gasteiger partial charge is 0.242 e. The Morgan fingerprint density at radius 3 is 3.05 bits per heavy atom. The van der Waals surface area contributed by atoms with Crippen molar-refractivity contribution < 1.29 is 9.53 Å². The first-order valence-corrected chi connectivity index (χ1v) is 7.41. The Hall–Kier alpha value is -2.50. The Morgan fingerprint density at radius 2 is 2.27 bits per heavy atom. The summed E-state index contributed by atoms with van der Waals surface area (Å²) in [6, 6.07) is 9.94. The van der Waals surface area contributed by atoms with Crippen LogP contribution in [0.4, 0.5) is 5.69 Å². The van der Waals surface area contributed by atoms with Crippen molar-refractivity contribution in [2.24, 2.45) is 0 Å². The van der Waals surface area contributed by atoms with Crippen LogP contribution < -0.4 is 15.0 Å². The third-order valence-electron chi connectivity index (χ3n) is 3.84. The van der Waals surface area contributed by atoms with Gasteiger partial charge >= 0.3 is 0 Å². The van der Waals surface area contributed by atoms with Crippen LogP contribution in [0.1, 0.15) is 6.42 Å². The van der Waals surface area contributed by atoms with Gasteiger partial charge in [-0.1, -0.05) is 12.1 Å². The summed E-state index contributed by atoms with van der Waals surface area (Å²) in [5.41, 5.74) is 1.08. The fraction of sp³-hybridized carbons (Fsp3) is 0.375. The number of ether oxygens (including phenoxy) is 1. The molecule has 2 heterocycles. The molecule has 6 nitrogen and oxygen atoms in total. The van der Waals surface area contributed by atoms with E-state index in [9.17, 15) is 4.79 Å². The molecule has 1 aliphatic rings. The summed E-state index contributed by atoms with van der Waals surface area (Å²) in [7, 11) is 1.68. The van der Waals surface area contributed by atoms with E-state index in [-0.39, 0.29) is 18.5 Å². The quantitative estimate of drug-likeness (QED) is 0.904. The van der Waals surface area contributed by atoms with Crippen molar-refractivity contribution in [3.8, 4) is 5.75 Å². The molecule has 1 aromatic carbocycles. The normalized spacial score (nSPS) is 17.5. The fourth-order valence-corrected chi connectivity index (χ4v) is 2.80. The lowest BCUT2D eigenvalue weighted by Crippen LogP contribution is -2.39. The van der Waals surface area contributed by atoms with Crippen molar-refractivity contribution in [1.82, 2.24) is 15.1 Å². The number of anilines is 1. The van der Waals surface area contributed by atoms with E-state index >= 15 is 0 Å². The summed E-state index contributed by atoms with van der Waals surface area (Å²) >= 11 is 0. The molecule has 116 valence electrons. The van der Waals surface area contributed by atoms with Crippen molar-refractivity contribution in [1.29, 1.82) is 0 Å². The third-order valence-corrected chi connectivity index (χ3v) is 3.84. The summed E-state index contributed by atoms with van der Waals surface area (Å²) < 4.78 is 7.03. The second-order valence-corrected chi connectivity index (χ2v) is 5.37. The largest absolute Gasteiger partial charge is 0.495 e. The number of rotatable bonds is 5. The molecule has 0 bridgehead atoms. The molecule has 0 saturated carbocycles. The molecule has 1 N–H and O–H groups in total. The van der Waals surface area contributed by atoms with E-state index in [0.717, 1.165) is 30.9 Å². The monoisotopic (exact) mass is 300 g/mol. The van der Waals surface area contributed by atoms with Crippen LogP contribution in [0, 0.1) is 0 Å². The molecule has 3 rings (SSSR count). The highest BCUT2D eigenvalue weighted by atomic mass is 16.5. The molecule has 6 heteroatoms. The minimum Gasteiger partial charge on any atom is -0.495 e. The molecule has 1 saturated heterocycles. The van der Waals surface area contributed by atoms with E-state index in [0.29, 0.717) is 0 Å². The SMILES string of the molecule is COc1ccccc1N1CCC(NC(=O)Cn2cccn2)C1. The van der Waals surface area contributed by atoms with Crippen LogP contribution in [0.15, 0.2) is 42.7 Å². The predicted octanol–water partition coefficient (Wildman–Crippen LogP) is 1.29. The zero-order valence-corrected chi connectivity index (χ0v) is 12.6. The van der Waals surface area contributed by atoms with Crippen LogP contribution in [0.3, 0.4) is 0 Å². The Bertz CT molecular complexity index is 627. The molecular weight excluding hydrogens is 280 g/mol. The van der Waals surface area contributed by atoms with E-state index in [4.69, 9.17) is 4.74 Å². The first kappa shape index (κ1) is 14.4. The van der Waals surface area contributed by atoms with Gasteiger partial charge in [0.1, 0.15) is 12.3 Å². The van der Waals surface area contributed by atoms with E-state index < -0.39 is 0 Å². The fourth-order valence-electron chi connectivity index (χ4n) is 2.80. The van der Waals surface area contributed by atoms with Crippen LogP contribution in [-0.2, 0) is 11.3 Å². The lowest BCUT2D eigenvalue weighted by Gasteiger charge is -2.21. The number of aromatic nitrogens is 2. The van der Waals surface area contributed by atoms with Crippen LogP contribution in [0.25, 0.3) is 0 Å². The molecule has 0 spiro atoms. The van der Waals surface area contributed by atoms with Gasteiger partial charge in [0.25, 0.3) is 0 Å². The summed E-state index contributed by atoms with van der Waals surface area (Å²) in [6.45, 7) is 1.97. The van der Waals surface area contributed by atoms with Gasteiger partial charge in [0.2, 0.25) is 5.91 Å². The van der Waals surface area contributed by atoms with Gasteiger partial charge in [-0.15, -0.1) is 0 Å². The van der Waals surface area contributed by atoms with Crippen molar-refractivity contribution in [2.75, 3.05) is 25.1 Å². The Morgan fingerprint density at radius 1 is 1.41 bits per heavy atom. The number of carbonyl (C=O) groups is 1. The number of methoxy groups -OCH3 is 1. The van der Waals surface area contributed by atoms with Gasteiger partial charge < -0.3 is 15.0 Å².